The average molecular weight is 559 g/mol. The molecule has 1 aliphatic heterocycles. The first-order chi connectivity index (χ1) is 17.9. The number of furan rings is 1. The largest absolute Gasteiger partial charge is 0.497 e. The van der Waals surface area contributed by atoms with Crippen LogP contribution in [0.4, 0.5) is 0 Å². The molecular formula is C29H42N2O7Si. The average Bonchev–Trinajstić information content (AvgIpc) is 3.32. The normalized spacial score (nSPS) is 21.3. The third-order valence-corrected chi connectivity index (χ3v) is 8.67. The van der Waals surface area contributed by atoms with Crippen molar-refractivity contribution in [1.29, 1.82) is 0 Å². The summed E-state index contributed by atoms with van der Waals surface area (Å²) in [5.41, 5.74) is 6.16. The quantitative estimate of drug-likeness (QED) is 0.223. The Labute approximate surface area is 232 Å². The van der Waals surface area contributed by atoms with Gasteiger partial charge in [-0.15, -0.1) is 0 Å². The van der Waals surface area contributed by atoms with Crippen molar-refractivity contribution in [2.75, 3.05) is 7.11 Å². The number of nitrogens with zero attached hydrogens (tertiary/aromatic N) is 1. The number of likely N-dealkylation sites (tertiary alicyclic amines) is 1. The molecule has 0 bridgehead atoms. The number of amides is 1. The number of rotatable bonds is 8. The second-order valence-corrected chi connectivity index (χ2v) is 17.5. The minimum absolute atomic E-state index is 0.358. The van der Waals surface area contributed by atoms with Gasteiger partial charge in [-0.25, -0.2) is 9.59 Å². The van der Waals surface area contributed by atoms with Gasteiger partial charge >= 0.3 is 11.9 Å². The van der Waals surface area contributed by atoms with E-state index in [-0.39, 0.29) is 17.9 Å². The van der Waals surface area contributed by atoms with E-state index in [4.69, 9.17) is 24.4 Å². The maximum atomic E-state index is 14.1. The van der Waals surface area contributed by atoms with E-state index in [1.165, 1.54) is 0 Å². The zero-order chi connectivity index (χ0) is 29.5. The van der Waals surface area contributed by atoms with Gasteiger partial charge in [0.25, 0.3) is 0 Å². The van der Waals surface area contributed by atoms with Gasteiger partial charge in [0.2, 0.25) is 5.91 Å². The molecule has 10 heteroatoms. The first-order valence-electron chi connectivity index (χ1n) is 13.2. The van der Waals surface area contributed by atoms with Gasteiger partial charge in [-0.3, -0.25) is 4.79 Å². The number of ether oxygens (including phenoxy) is 3. The zero-order valence-electron chi connectivity index (χ0n) is 24.7. The number of carbonyl (C=O) groups is 3. The van der Waals surface area contributed by atoms with E-state index < -0.39 is 43.3 Å². The van der Waals surface area contributed by atoms with Gasteiger partial charge in [0.1, 0.15) is 25.5 Å². The SMILES string of the molecule is COc1ccc([C@H](C)N2C(=O)[C@@](N)([C@@H](OC(=O)C(=O)OC(C)(C)C)C(C)C)[C@@H]2c2ccoc2[Si](C)(C)C)cc1. The van der Waals surface area contributed by atoms with Crippen molar-refractivity contribution in [3.8, 4) is 5.75 Å². The molecule has 1 aromatic heterocycles. The number of hydrogen-bond donors (Lipinski definition) is 1. The number of esters is 2. The standard InChI is InChI=1S/C29H42N2O7Si/c1-17(2)23(37-24(32)25(33)38-28(4,5)6)29(30)22(21-15-16-36-26(21)39(8,9)10)31(27(29)34)18(3)19-11-13-20(35-7)14-12-19/h11-18,22-23H,30H2,1-10H3/t18-,22-,23-,29-/m0/s1. The maximum absolute atomic E-state index is 14.1. The summed E-state index contributed by atoms with van der Waals surface area (Å²) in [4.78, 5) is 41.1. The Bertz CT molecular complexity index is 1210. The fourth-order valence-electron chi connectivity index (χ4n) is 5.16. The van der Waals surface area contributed by atoms with E-state index in [0.29, 0.717) is 5.75 Å². The molecule has 0 unspecified atom stereocenters. The van der Waals surface area contributed by atoms with Gasteiger partial charge < -0.3 is 29.3 Å². The third kappa shape index (κ3) is 5.91. The van der Waals surface area contributed by atoms with E-state index in [9.17, 15) is 14.4 Å². The first kappa shape index (κ1) is 30.4. The lowest BCUT2D eigenvalue weighted by Crippen LogP contribution is -2.80. The van der Waals surface area contributed by atoms with Crippen LogP contribution in [0.2, 0.25) is 19.6 Å². The van der Waals surface area contributed by atoms with Gasteiger partial charge in [0.05, 0.1) is 30.8 Å². The monoisotopic (exact) mass is 558 g/mol. The van der Waals surface area contributed by atoms with Crippen LogP contribution in [0.3, 0.4) is 0 Å². The fourth-order valence-corrected chi connectivity index (χ4v) is 6.67. The third-order valence-electron chi connectivity index (χ3n) is 6.90. The summed E-state index contributed by atoms with van der Waals surface area (Å²) in [5.74, 6) is -2.37. The van der Waals surface area contributed by atoms with Crippen LogP contribution in [-0.4, -0.2) is 55.2 Å². The van der Waals surface area contributed by atoms with Crippen LogP contribution in [0.1, 0.15) is 64.8 Å². The van der Waals surface area contributed by atoms with Crippen molar-refractivity contribution in [1.82, 2.24) is 4.90 Å². The van der Waals surface area contributed by atoms with Crippen molar-refractivity contribution in [3.63, 3.8) is 0 Å². The molecule has 0 spiro atoms. The molecule has 1 amide bonds. The highest BCUT2D eigenvalue weighted by Crippen LogP contribution is 2.50. The minimum atomic E-state index is -2.01. The molecule has 2 N–H and O–H groups in total. The van der Waals surface area contributed by atoms with Crippen LogP contribution in [-0.2, 0) is 23.9 Å². The van der Waals surface area contributed by atoms with Crippen molar-refractivity contribution >= 4 is 31.3 Å². The van der Waals surface area contributed by atoms with Crippen molar-refractivity contribution in [2.24, 2.45) is 11.7 Å². The molecule has 1 aromatic carbocycles. The number of methoxy groups -OCH3 is 1. The van der Waals surface area contributed by atoms with Crippen molar-refractivity contribution in [2.45, 2.75) is 90.5 Å². The molecule has 0 radical (unpaired) electrons. The van der Waals surface area contributed by atoms with E-state index in [1.807, 2.05) is 37.3 Å². The van der Waals surface area contributed by atoms with Gasteiger partial charge in [0.15, 0.2) is 5.54 Å². The summed E-state index contributed by atoms with van der Waals surface area (Å²) in [5, 5.41) is 0.808. The number of nitrogens with two attached hydrogens (primary N) is 1. The van der Waals surface area contributed by atoms with E-state index in [1.54, 1.807) is 52.9 Å². The molecule has 2 aromatic rings. The highest BCUT2D eigenvalue weighted by molar-refractivity contribution is 6.88. The number of carbonyl (C=O) groups excluding carboxylic acids is 3. The lowest BCUT2D eigenvalue weighted by atomic mass is 9.68. The Morgan fingerprint density at radius 2 is 1.64 bits per heavy atom. The van der Waals surface area contributed by atoms with E-state index in [2.05, 4.69) is 19.6 Å². The molecule has 39 heavy (non-hydrogen) atoms. The van der Waals surface area contributed by atoms with Gasteiger partial charge in [-0.2, -0.15) is 0 Å². The number of benzene rings is 1. The molecule has 1 saturated heterocycles. The van der Waals surface area contributed by atoms with Gasteiger partial charge in [-0.05, 0) is 57.4 Å². The zero-order valence-corrected chi connectivity index (χ0v) is 25.7. The predicted octanol–water partition coefficient (Wildman–Crippen LogP) is 4.08. The Morgan fingerprint density at radius 3 is 2.13 bits per heavy atom. The molecular weight excluding hydrogens is 516 g/mol. The second-order valence-electron chi connectivity index (χ2n) is 12.5. The Hall–Kier alpha value is -3.11. The second kappa shape index (κ2) is 10.8. The van der Waals surface area contributed by atoms with Gasteiger partial charge in [-0.1, -0.05) is 45.6 Å². The minimum Gasteiger partial charge on any atom is -0.497 e. The number of β-lactam (4-membered cyclic amide) rings is 1. The van der Waals surface area contributed by atoms with Crippen LogP contribution < -0.4 is 15.9 Å². The lowest BCUT2D eigenvalue weighted by molar-refractivity contribution is -0.195. The van der Waals surface area contributed by atoms with Crippen LogP contribution in [0.25, 0.3) is 0 Å². The molecule has 0 saturated carbocycles. The molecule has 2 heterocycles. The molecule has 4 atom stereocenters. The van der Waals surface area contributed by atoms with Crippen LogP contribution in [0.15, 0.2) is 41.0 Å². The first-order valence-corrected chi connectivity index (χ1v) is 16.7. The predicted molar refractivity (Wildman–Crippen MR) is 150 cm³/mol. The summed E-state index contributed by atoms with van der Waals surface area (Å²) >= 11 is 0. The molecule has 0 aliphatic carbocycles. The van der Waals surface area contributed by atoms with Crippen molar-refractivity contribution in [3.05, 3.63) is 47.7 Å². The Balaban J connectivity index is 2.08. The molecule has 9 nitrogen and oxygen atoms in total. The van der Waals surface area contributed by atoms with Crippen LogP contribution >= 0.6 is 0 Å². The van der Waals surface area contributed by atoms with Crippen molar-refractivity contribution < 1.29 is 33.0 Å². The molecule has 1 fully saturated rings. The lowest BCUT2D eigenvalue weighted by Gasteiger charge is -2.59. The summed E-state index contributed by atoms with van der Waals surface area (Å²) in [6.45, 7) is 16.9. The van der Waals surface area contributed by atoms with Crippen LogP contribution in [0, 0.1) is 5.92 Å². The summed E-state index contributed by atoms with van der Waals surface area (Å²) in [6, 6.07) is 8.30. The topological polar surface area (TPSA) is 121 Å². The Kier molecular flexibility index (Phi) is 8.43. The molecule has 214 valence electrons. The fraction of sp³-hybridized carbons (Fsp3) is 0.552. The highest BCUT2D eigenvalue weighted by Gasteiger charge is 2.67. The summed E-state index contributed by atoms with van der Waals surface area (Å²) < 4.78 is 22.1. The number of hydrogen-bond acceptors (Lipinski definition) is 8. The van der Waals surface area contributed by atoms with E-state index in [0.717, 1.165) is 16.5 Å². The van der Waals surface area contributed by atoms with Crippen LogP contribution in [0.5, 0.6) is 5.75 Å². The summed E-state index contributed by atoms with van der Waals surface area (Å²) in [6.07, 6.45) is 0.512. The summed E-state index contributed by atoms with van der Waals surface area (Å²) in [7, 11) is -0.414. The van der Waals surface area contributed by atoms with E-state index >= 15 is 0 Å². The molecule has 1 aliphatic rings. The van der Waals surface area contributed by atoms with Gasteiger partial charge in [0, 0.05) is 5.56 Å². The smallest absolute Gasteiger partial charge is 0.418 e. The molecule has 3 rings (SSSR count). The Morgan fingerprint density at radius 1 is 1.05 bits per heavy atom. The maximum Gasteiger partial charge on any atom is 0.418 e. The highest BCUT2D eigenvalue weighted by atomic mass is 28.3.